The number of piperazine rings is 1. The lowest BCUT2D eigenvalue weighted by atomic mass is 10.2. The Bertz CT molecular complexity index is 620. The zero-order valence-corrected chi connectivity index (χ0v) is 16.4. The number of carbonyl (C=O) groups excluding carboxylic acids is 1. The first-order valence-electron chi connectivity index (χ1n) is 8.32. The number of nitrogens with one attached hydrogen (secondary N) is 1. The molecule has 0 aromatic heterocycles. The van der Waals surface area contributed by atoms with Crippen LogP contribution < -0.4 is 5.32 Å². The molecule has 1 aliphatic rings. The maximum absolute atomic E-state index is 12.9. The van der Waals surface area contributed by atoms with Crippen molar-refractivity contribution >= 4 is 27.5 Å². The number of carbonyl (C=O) groups is 1. The van der Waals surface area contributed by atoms with Gasteiger partial charge in [0.1, 0.15) is 0 Å². The zero-order valence-electron chi connectivity index (χ0n) is 14.8. The predicted molar refractivity (Wildman–Crippen MR) is 97.1 cm³/mol. The summed E-state index contributed by atoms with van der Waals surface area (Å²) in [5.74, 6) is -0.321. The average molecular weight is 438 g/mol. The first-order valence-corrected chi connectivity index (χ1v) is 9.12. The van der Waals surface area contributed by atoms with E-state index >= 15 is 0 Å². The first-order chi connectivity index (χ1) is 12.2. The Morgan fingerprint density at radius 2 is 1.96 bits per heavy atom. The van der Waals surface area contributed by atoms with E-state index in [9.17, 15) is 18.0 Å². The summed E-state index contributed by atoms with van der Waals surface area (Å²) >= 11 is 2.89. The maximum atomic E-state index is 12.9. The number of rotatable bonds is 6. The molecule has 0 bridgehead atoms. The number of hydrogen-bond acceptors (Lipinski definition) is 4. The molecule has 0 radical (unpaired) electrons. The lowest BCUT2D eigenvalue weighted by molar-refractivity contribution is -0.138. The highest BCUT2D eigenvalue weighted by Crippen LogP contribution is 2.36. The summed E-state index contributed by atoms with van der Waals surface area (Å²) in [6, 6.07) is 3.99. The molecule has 0 saturated carbocycles. The second kappa shape index (κ2) is 9.16. The smallest absolute Gasteiger partial charge is 0.383 e. The van der Waals surface area contributed by atoms with Crippen molar-refractivity contribution in [3.8, 4) is 0 Å². The van der Waals surface area contributed by atoms with E-state index < -0.39 is 11.7 Å². The third-order valence-corrected chi connectivity index (χ3v) is 5.05. The lowest BCUT2D eigenvalue weighted by Crippen LogP contribution is -2.52. The van der Waals surface area contributed by atoms with Gasteiger partial charge in [0.05, 0.1) is 18.7 Å². The summed E-state index contributed by atoms with van der Waals surface area (Å²) in [6.45, 7) is 6.03. The minimum atomic E-state index is -4.48. The first kappa shape index (κ1) is 21.1. The number of benzene rings is 1. The Morgan fingerprint density at radius 3 is 2.54 bits per heavy atom. The van der Waals surface area contributed by atoms with E-state index in [0.717, 1.165) is 32.2 Å². The standard InChI is InChI=1S/C17H23BrF3N3O2/c1-12(11-26-2)24-7-5-23(6-8-24)10-16(25)22-13-3-4-15(18)14(9-13)17(19,20)21/h3-4,9,12H,5-8,10-11H2,1-2H3,(H,22,25)/t12-/m1/s1. The van der Waals surface area contributed by atoms with Crippen molar-refractivity contribution in [2.24, 2.45) is 0 Å². The molecular formula is C17H23BrF3N3O2. The van der Waals surface area contributed by atoms with Crippen LogP contribution >= 0.6 is 15.9 Å². The summed E-state index contributed by atoms with van der Waals surface area (Å²) in [5, 5.41) is 2.55. The van der Waals surface area contributed by atoms with Gasteiger partial charge in [0.25, 0.3) is 0 Å². The van der Waals surface area contributed by atoms with Crippen LogP contribution in [0.4, 0.5) is 18.9 Å². The van der Waals surface area contributed by atoms with Crippen molar-refractivity contribution in [1.82, 2.24) is 9.80 Å². The largest absolute Gasteiger partial charge is 0.417 e. The topological polar surface area (TPSA) is 44.8 Å². The van der Waals surface area contributed by atoms with Crippen molar-refractivity contribution in [3.05, 3.63) is 28.2 Å². The molecule has 1 heterocycles. The molecule has 26 heavy (non-hydrogen) atoms. The minimum absolute atomic E-state index is 0.0516. The summed E-state index contributed by atoms with van der Waals surface area (Å²) in [5.41, 5.74) is -0.672. The van der Waals surface area contributed by atoms with E-state index in [-0.39, 0.29) is 22.6 Å². The van der Waals surface area contributed by atoms with Crippen LogP contribution in [-0.4, -0.2) is 68.2 Å². The van der Waals surface area contributed by atoms with E-state index in [1.165, 1.54) is 12.1 Å². The van der Waals surface area contributed by atoms with Gasteiger partial charge in [0, 0.05) is 49.5 Å². The number of anilines is 1. The SMILES string of the molecule is COC[C@@H](C)N1CCN(CC(=O)Nc2ccc(Br)c(C(F)(F)F)c2)CC1. The molecule has 1 N–H and O–H groups in total. The summed E-state index contributed by atoms with van der Waals surface area (Å²) in [7, 11) is 1.67. The van der Waals surface area contributed by atoms with Crippen molar-refractivity contribution in [2.45, 2.75) is 19.1 Å². The molecule has 0 spiro atoms. The van der Waals surface area contributed by atoms with E-state index in [4.69, 9.17) is 4.74 Å². The fourth-order valence-corrected chi connectivity index (χ4v) is 3.40. The normalized spacial score (nSPS) is 17.9. The molecular weight excluding hydrogens is 415 g/mol. The van der Waals surface area contributed by atoms with E-state index in [1.807, 2.05) is 4.90 Å². The van der Waals surface area contributed by atoms with Crippen molar-refractivity contribution < 1.29 is 22.7 Å². The Kier molecular flexibility index (Phi) is 7.45. The number of alkyl halides is 3. The van der Waals surface area contributed by atoms with Crippen LogP contribution in [0.5, 0.6) is 0 Å². The molecule has 1 amide bonds. The zero-order chi connectivity index (χ0) is 19.3. The van der Waals surface area contributed by atoms with Crippen LogP contribution in [0, 0.1) is 0 Å². The van der Waals surface area contributed by atoms with Crippen LogP contribution in [-0.2, 0) is 15.7 Å². The van der Waals surface area contributed by atoms with Gasteiger partial charge < -0.3 is 10.1 Å². The number of nitrogens with zero attached hydrogens (tertiary/aromatic N) is 2. The Labute approximate surface area is 159 Å². The molecule has 5 nitrogen and oxygen atoms in total. The van der Waals surface area contributed by atoms with Gasteiger partial charge in [-0.25, -0.2) is 0 Å². The number of ether oxygens (including phenoxy) is 1. The second-order valence-electron chi connectivity index (χ2n) is 6.36. The summed E-state index contributed by atoms with van der Waals surface area (Å²) in [4.78, 5) is 16.5. The van der Waals surface area contributed by atoms with Crippen molar-refractivity contribution in [2.75, 3.05) is 51.8 Å². The molecule has 0 unspecified atom stereocenters. The molecule has 1 aromatic rings. The van der Waals surface area contributed by atoms with Gasteiger partial charge in [0.15, 0.2) is 0 Å². The van der Waals surface area contributed by atoms with E-state index in [0.29, 0.717) is 12.6 Å². The number of halogens is 4. The van der Waals surface area contributed by atoms with Gasteiger partial charge in [-0.3, -0.25) is 14.6 Å². The van der Waals surface area contributed by atoms with E-state index in [2.05, 4.69) is 33.1 Å². The van der Waals surface area contributed by atoms with Gasteiger partial charge in [-0.2, -0.15) is 13.2 Å². The summed E-state index contributed by atoms with van der Waals surface area (Å²) in [6.07, 6.45) is -4.48. The Morgan fingerprint density at radius 1 is 1.31 bits per heavy atom. The fraction of sp³-hybridized carbons (Fsp3) is 0.588. The van der Waals surface area contributed by atoms with Crippen LogP contribution in [0.2, 0.25) is 0 Å². The van der Waals surface area contributed by atoms with Gasteiger partial charge in [-0.1, -0.05) is 15.9 Å². The summed E-state index contributed by atoms with van der Waals surface area (Å²) < 4.78 is 43.9. The second-order valence-corrected chi connectivity index (χ2v) is 7.21. The fourth-order valence-electron chi connectivity index (χ4n) is 2.93. The molecule has 1 atom stereocenters. The molecule has 1 aliphatic heterocycles. The van der Waals surface area contributed by atoms with Crippen LogP contribution in [0.1, 0.15) is 12.5 Å². The quantitative estimate of drug-likeness (QED) is 0.742. The number of methoxy groups -OCH3 is 1. The molecule has 9 heteroatoms. The highest BCUT2D eigenvalue weighted by atomic mass is 79.9. The highest BCUT2D eigenvalue weighted by molar-refractivity contribution is 9.10. The van der Waals surface area contributed by atoms with Gasteiger partial charge >= 0.3 is 6.18 Å². The Hall–Kier alpha value is -1.16. The third kappa shape index (κ3) is 5.94. The van der Waals surface area contributed by atoms with Gasteiger partial charge in [-0.05, 0) is 25.1 Å². The third-order valence-electron chi connectivity index (χ3n) is 4.36. The molecule has 1 saturated heterocycles. The molecule has 1 aromatic carbocycles. The molecule has 2 rings (SSSR count). The predicted octanol–water partition coefficient (Wildman–Crippen LogP) is 3.06. The molecule has 1 fully saturated rings. The number of hydrogen-bond donors (Lipinski definition) is 1. The number of amides is 1. The monoisotopic (exact) mass is 437 g/mol. The minimum Gasteiger partial charge on any atom is -0.383 e. The van der Waals surface area contributed by atoms with Crippen molar-refractivity contribution in [1.29, 1.82) is 0 Å². The van der Waals surface area contributed by atoms with Crippen LogP contribution in [0.15, 0.2) is 22.7 Å². The van der Waals surface area contributed by atoms with E-state index in [1.54, 1.807) is 7.11 Å². The Balaban J connectivity index is 1.86. The molecule has 0 aliphatic carbocycles. The van der Waals surface area contributed by atoms with Gasteiger partial charge in [0.2, 0.25) is 5.91 Å². The maximum Gasteiger partial charge on any atom is 0.417 e. The lowest BCUT2D eigenvalue weighted by Gasteiger charge is -2.37. The highest BCUT2D eigenvalue weighted by Gasteiger charge is 2.33. The van der Waals surface area contributed by atoms with Crippen molar-refractivity contribution in [3.63, 3.8) is 0 Å². The van der Waals surface area contributed by atoms with Crippen LogP contribution in [0.25, 0.3) is 0 Å². The average Bonchev–Trinajstić information content (AvgIpc) is 2.56. The van der Waals surface area contributed by atoms with Crippen LogP contribution in [0.3, 0.4) is 0 Å². The molecule has 146 valence electrons. The van der Waals surface area contributed by atoms with Gasteiger partial charge in [-0.15, -0.1) is 0 Å².